The first-order valence-corrected chi connectivity index (χ1v) is 10.0. The lowest BCUT2D eigenvalue weighted by Gasteiger charge is -2.33. The van der Waals surface area contributed by atoms with Gasteiger partial charge in [0.25, 0.3) is 11.5 Å². The molecule has 2 aliphatic rings. The summed E-state index contributed by atoms with van der Waals surface area (Å²) in [6.07, 6.45) is 9.52. The monoisotopic (exact) mass is 369 g/mol. The molecule has 0 unspecified atom stereocenters. The molecular weight excluding hydrogens is 342 g/mol. The number of carbonyl (C=O) groups excluding carboxylic acids is 1. The molecule has 1 saturated heterocycles. The largest absolute Gasteiger partial charge is 0.338 e. The van der Waals surface area contributed by atoms with E-state index in [9.17, 15) is 9.59 Å². The van der Waals surface area contributed by atoms with Crippen molar-refractivity contribution in [3.63, 3.8) is 0 Å². The summed E-state index contributed by atoms with van der Waals surface area (Å²) in [6.45, 7) is 3.13. The summed E-state index contributed by atoms with van der Waals surface area (Å²) >= 11 is 0. The van der Waals surface area contributed by atoms with Crippen LogP contribution in [0.1, 0.15) is 84.4 Å². The fourth-order valence-corrected chi connectivity index (χ4v) is 4.55. The van der Waals surface area contributed by atoms with E-state index in [1.807, 2.05) is 4.90 Å². The van der Waals surface area contributed by atoms with Gasteiger partial charge in [-0.15, -0.1) is 0 Å². The third-order valence-corrected chi connectivity index (χ3v) is 5.92. The molecule has 2 fully saturated rings. The average Bonchev–Trinajstić information content (AvgIpc) is 3.17. The molecule has 1 saturated carbocycles. The molecule has 0 aromatic carbocycles. The fourth-order valence-electron chi connectivity index (χ4n) is 4.55. The second kappa shape index (κ2) is 7.66. The lowest BCUT2D eigenvalue weighted by Crippen LogP contribution is -2.40. The smallest absolute Gasteiger partial charge is 0.257 e. The van der Waals surface area contributed by atoms with Crippen molar-refractivity contribution in [2.75, 3.05) is 13.1 Å². The molecule has 1 amide bonds. The summed E-state index contributed by atoms with van der Waals surface area (Å²) in [4.78, 5) is 34.1. The van der Waals surface area contributed by atoms with Gasteiger partial charge in [0.1, 0.15) is 5.82 Å². The van der Waals surface area contributed by atoms with E-state index in [0.717, 1.165) is 49.2 Å². The van der Waals surface area contributed by atoms with Gasteiger partial charge in [-0.3, -0.25) is 14.7 Å². The van der Waals surface area contributed by atoms with E-state index >= 15 is 0 Å². The predicted octanol–water partition coefficient (Wildman–Crippen LogP) is 2.87. The van der Waals surface area contributed by atoms with Crippen molar-refractivity contribution in [3.8, 4) is 0 Å². The highest BCUT2D eigenvalue weighted by molar-refractivity contribution is 5.95. The maximum atomic E-state index is 13.2. The van der Waals surface area contributed by atoms with E-state index in [-0.39, 0.29) is 17.4 Å². The molecule has 7 nitrogen and oxygen atoms in total. The minimum absolute atomic E-state index is 0.0515. The number of rotatable bonds is 3. The molecule has 7 heteroatoms. The van der Waals surface area contributed by atoms with Gasteiger partial charge in [-0.1, -0.05) is 19.3 Å². The molecule has 2 aromatic heterocycles. The van der Waals surface area contributed by atoms with E-state index in [2.05, 4.69) is 20.2 Å². The van der Waals surface area contributed by atoms with Crippen LogP contribution < -0.4 is 5.56 Å². The molecule has 1 atom stereocenters. The molecule has 0 radical (unpaired) electrons. The molecule has 27 heavy (non-hydrogen) atoms. The number of hydrogen-bond acceptors (Lipinski definition) is 4. The number of aromatic nitrogens is 4. The van der Waals surface area contributed by atoms with E-state index in [4.69, 9.17) is 0 Å². The number of piperidine rings is 1. The van der Waals surface area contributed by atoms with Gasteiger partial charge in [-0.2, -0.15) is 5.10 Å². The Morgan fingerprint density at radius 2 is 1.93 bits per heavy atom. The predicted molar refractivity (Wildman–Crippen MR) is 102 cm³/mol. The van der Waals surface area contributed by atoms with Crippen molar-refractivity contribution in [2.45, 2.75) is 63.7 Å². The van der Waals surface area contributed by atoms with Crippen molar-refractivity contribution < 1.29 is 4.79 Å². The zero-order valence-corrected chi connectivity index (χ0v) is 15.8. The van der Waals surface area contributed by atoms with Crippen LogP contribution in [0.15, 0.2) is 17.1 Å². The van der Waals surface area contributed by atoms with E-state index in [0.29, 0.717) is 18.3 Å². The summed E-state index contributed by atoms with van der Waals surface area (Å²) < 4.78 is 0. The highest BCUT2D eigenvalue weighted by Gasteiger charge is 2.30. The van der Waals surface area contributed by atoms with E-state index in [1.165, 1.54) is 19.3 Å². The van der Waals surface area contributed by atoms with Crippen molar-refractivity contribution in [2.24, 2.45) is 0 Å². The Bertz CT molecular complexity index is 865. The Balaban J connectivity index is 1.52. The van der Waals surface area contributed by atoms with E-state index < -0.39 is 0 Å². The lowest BCUT2D eigenvalue weighted by molar-refractivity contribution is 0.0704. The topological polar surface area (TPSA) is 94.7 Å². The van der Waals surface area contributed by atoms with Gasteiger partial charge in [-0.05, 0) is 32.6 Å². The zero-order chi connectivity index (χ0) is 18.8. The molecular formula is C20H27N5O2. The van der Waals surface area contributed by atoms with Crippen molar-refractivity contribution in [3.05, 3.63) is 45.4 Å². The molecule has 1 aliphatic carbocycles. The summed E-state index contributed by atoms with van der Waals surface area (Å²) in [5.41, 5.74) is 2.38. The first-order chi connectivity index (χ1) is 13.1. The Kier molecular flexibility index (Phi) is 5.09. The van der Waals surface area contributed by atoms with Gasteiger partial charge in [0.05, 0.1) is 23.1 Å². The summed E-state index contributed by atoms with van der Waals surface area (Å²) in [5.74, 6) is 1.19. The third-order valence-electron chi connectivity index (χ3n) is 5.92. The number of amides is 1. The molecule has 144 valence electrons. The van der Waals surface area contributed by atoms with Crippen molar-refractivity contribution in [1.82, 2.24) is 25.1 Å². The van der Waals surface area contributed by atoms with Gasteiger partial charge in [0, 0.05) is 31.0 Å². The summed E-state index contributed by atoms with van der Waals surface area (Å²) in [7, 11) is 0. The number of H-pyrrole nitrogens is 2. The number of aromatic amines is 2. The Hall–Kier alpha value is -2.44. The van der Waals surface area contributed by atoms with Crippen LogP contribution in [0.2, 0.25) is 0 Å². The molecule has 3 heterocycles. The maximum Gasteiger partial charge on any atom is 0.257 e. The Morgan fingerprint density at radius 3 is 2.70 bits per heavy atom. The summed E-state index contributed by atoms with van der Waals surface area (Å²) in [5, 5.41) is 7.28. The van der Waals surface area contributed by atoms with Crippen LogP contribution in [-0.4, -0.2) is 44.1 Å². The molecule has 1 aliphatic heterocycles. The van der Waals surface area contributed by atoms with Gasteiger partial charge in [-0.25, -0.2) is 4.98 Å². The van der Waals surface area contributed by atoms with Crippen LogP contribution in [-0.2, 0) is 0 Å². The Morgan fingerprint density at radius 1 is 1.15 bits per heavy atom. The van der Waals surface area contributed by atoms with Crippen molar-refractivity contribution in [1.29, 1.82) is 0 Å². The SMILES string of the molecule is Cc1nc([C@H]2CCCN(C(=O)c3cn[nH]c3C3CCCCC3)C2)cc(=O)[nH]1. The van der Waals surface area contributed by atoms with Crippen LogP contribution in [0.3, 0.4) is 0 Å². The van der Waals surface area contributed by atoms with Gasteiger partial charge in [0.2, 0.25) is 0 Å². The molecule has 0 bridgehead atoms. The van der Waals surface area contributed by atoms with Crippen LogP contribution in [0.25, 0.3) is 0 Å². The average molecular weight is 369 g/mol. The second-order valence-corrected chi connectivity index (χ2v) is 7.88. The number of hydrogen-bond donors (Lipinski definition) is 2. The van der Waals surface area contributed by atoms with Crippen LogP contribution in [0.4, 0.5) is 0 Å². The van der Waals surface area contributed by atoms with Crippen LogP contribution in [0, 0.1) is 6.92 Å². The number of nitrogens with zero attached hydrogens (tertiary/aromatic N) is 3. The summed E-state index contributed by atoms with van der Waals surface area (Å²) in [6, 6.07) is 1.57. The number of carbonyl (C=O) groups is 1. The van der Waals surface area contributed by atoms with E-state index in [1.54, 1.807) is 19.2 Å². The number of likely N-dealkylation sites (tertiary alicyclic amines) is 1. The Labute approximate surface area is 158 Å². The molecule has 2 aromatic rings. The normalized spacial score (nSPS) is 21.4. The highest BCUT2D eigenvalue weighted by atomic mass is 16.2. The zero-order valence-electron chi connectivity index (χ0n) is 15.8. The van der Waals surface area contributed by atoms with Crippen LogP contribution >= 0.6 is 0 Å². The highest BCUT2D eigenvalue weighted by Crippen LogP contribution is 2.34. The number of aryl methyl sites for hydroxylation is 1. The first kappa shape index (κ1) is 17.9. The van der Waals surface area contributed by atoms with Gasteiger partial charge >= 0.3 is 0 Å². The fraction of sp³-hybridized carbons (Fsp3) is 0.600. The van der Waals surface area contributed by atoms with Gasteiger partial charge in [0.15, 0.2) is 0 Å². The maximum absolute atomic E-state index is 13.2. The first-order valence-electron chi connectivity index (χ1n) is 10.0. The van der Waals surface area contributed by atoms with Gasteiger partial charge < -0.3 is 9.88 Å². The second-order valence-electron chi connectivity index (χ2n) is 7.88. The molecule has 4 rings (SSSR count). The lowest BCUT2D eigenvalue weighted by atomic mass is 9.85. The number of nitrogens with one attached hydrogen (secondary N) is 2. The van der Waals surface area contributed by atoms with Crippen LogP contribution in [0.5, 0.6) is 0 Å². The standard InChI is InChI=1S/C20H27N5O2/c1-13-22-17(10-18(26)23-13)15-8-5-9-25(12-15)20(27)16-11-21-24-19(16)14-6-3-2-4-7-14/h10-11,14-15H,2-9,12H2,1H3,(H,21,24)(H,22,23,26)/t15-/m0/s1. The van der Waals surface area contributed by atoms with Crippen molar-refractivity contribution >= 4 is 5.91 Å². The minimum atomic E-state index is -0.129. The quantitative estimate of drug-likeness (QED) is 0.870. The molecule has 0 spiro atoms. The third kappa shape index (κ3) is 3.82. The molecule has 2 N–H and O–H groups in total. The minimum Gasteiger partial charge on any atom is -0.338 e.